The Hall–Kier alpha value is -4.33. The molecule has 0 spiro atoms. The molecule has 1 atom stereocenters. The number of rotatable bonds is 9. The molecule has 7 nitrogen and oxygen atoms in total. The highest BCUT2D eigenvalue weighted by atomic mass is 19.1. The van der Waals surface area contributed by atoms with Gasteiger partial charge in [0.15, 0.2) is 11.5 Å². The van der Waals surface area contributed by atoms with Crippen LogP contribution >= 0.6 is 0 Å². The molecule has 0 saturated carbocycles. The van der Waals surface area contributed by atoms with Crippen molar-refractivity contribution in [1.82, 2.24) is 4.90 Å². The number of methoxy groups -OCH3 is 2. The number of halogens is 1. The highest BCUT2D eigenvalue weighted by Gasteiger charge is 2.46. The molecule has 0 aromatic heterocycles. The molecule has 38 heavy (non-hydrogen) atoms. The van der Waals surface area contributed by atoms with E-state index in [9.17, 15) is 19.1 Å². The van der Waals surface area contributed by atoms with E-state index in [1.807, 2.05) is 13.8 Å². The largest absolute Gasteiger partial charge is 0.507 e. The number of ketones is 1. The first-order valence-corrected chi connectivity index (χ1v) is 12.2. The first kappa shape index (κ1) is 26.7. The molecular formula is C30H30FNO6. The van der Waals surface area contributed by atoms with Crippen LogP contribution < -0.4 is 14.2 Å². The van der Waals surface area contributed by atoms with E-state index < -0.39 is 17.7 Å². The quantitative estimate of drug-likeness (QED) is 0.235. The smallest absolute Gasteiger partial charge is 0.295 e. The molecule has 1 aliphatic heterocycles. The zero-order chi connectivity index (χ0) is 27.4. The molecule has 1 heterocycles. The third-order valence-electron chi connectivity index (χ3n) is 6.30. The van der Waals surface area contributed by atoms with Crippen molar-refractivity contribution in [3.63, 3.8) is 0 Å². The van der Waals surface area contributed by atoms with Gasteiger partial charge in [0.2, 0.25) is 0 Å². The predicted octanol–water partition coefficient (Wildman–Crippen LogP) is 5.29. The number of hydrogen-bond acceptors (Lipinski definition) is 6. The van der Waals surface area contributed by atoms with Gasteiger partial charge in [-0.1, -0.05) is 30.3 Å². The summed E-state index contributed by atoms with van der Waals surface area (Å²) in [5.41, 5.74) is 1.68. The van der Waals surface area contributed by atoms with Crippen LogP contribution in [0.4, 0.5) is 4.39 Å². The minimum Gasteiger partial charge on any atom is -0.507 e. The number of hydrogen-bond donors (Lipinski definition) is 1. The SMILES string of the molecule is COc1ccc(C2/C(=C(/O)c3cccc(OC(C)C)c3)C(=O)C(=O)N2CCc2ccc(F)cc2)cc1OC. The topological polar surface area (TPSA) is 85.3 Å². The van der Waals surface area contributed by atoms with Crippen LogP contribution in [0.15, 0.2) is 72.3 Å². The van der Waals surface area contributed by atoms with E-state index in [1.165, 1.54) is 31.3 Å². The number of Topliss-reactive ketones (excluding diaryl/α,β-unsaturated/α-hetero) is 1. The number of carbonyl (C=O) groups is 2. The van der Waals surface area contributed by atoms with Crippen LogP contribution in [-0.2, 0) is 16.0 Å². The lowest BCUT2D eigenvalue weighted by Gasteiger charge is -2.26. The number of benzene rings is 3. The van der Waals surface area contributed by atoms with Crippen LogP contribution in [0.25, 0.3) is 5.76 Å². The molecule has 1 N–H and O–H groups in total. The summed E-state index contributed by atoms with van der Waals surface area (Å²) in [6.45, 7) is 3.94. The highest BCUT2D eigenvalue weighted by Crippen LogP contribution is 2.42. The summed E-state index contributed by atoms with van der Waals surface area (Å²) < 4.78 is 29.9. The molecule has 0 radical (unpaired) electrons. The molecule has 8 heteroatoms. The van der Waals surface area contributed by atoms with Gasteiger partial charge in [-0.2, -0.15) is 0 Å². The van der Waals surface area contributed by atoms with E-state index >= 15 is 0 Å². The summed E-state index contributed by atoms with van der Waals surface area (Å²) in [6.07, 6.45) is 0.297. The maximum absolute atomic E-state index is 13.4. The van der Waals surface area contributed by atoms with Gasteiger partial charge in [0.1, 0.15) is 17.3 Å². The number of aliphatic hydroxyl groups is 1. The molecule has 1 saturated heterocycles. The molecule has 3 aromatic rings. The van der Waals surface area contributed by atoms with Crippen LogP contribution in [0.3, 0.4) is 0 Å². The third kappa shape index (κ3) is 5.49. The van der Waals surface area contributed by atoms with E-state index in [1.54, 1.807) is 54.6 Å². The van der Waals surface area contributed by atoms with Crippen molar-refractivity contribution in [1.29, 1.82) is 0 Å². The monoisotopic (exact) mass is 519 g/mol. The van der Waals surface area contributed by atoms with Gasteiger partial charge in [0, 0.05) is 12.1 Å². The van der Waals surface area contributed by atoms with E-state index in [-0.39, 0.29) is 29.8 Å². The first-order chi connectivity index (χ1) is 18.2. The summed E-state index contributed by atoms with van der Waals surface area (Å²) in [5, 5.41) is 11.4. The number of likely N-dealkylation sites (tertiary alicyclic amines) is 1. The van der Waals surface area contributed by atoms with Crippen molar-refractivity contribution < 1.29 is 33.3 Å². The van der Waals surface area contributed by atoms with Crippen LogP contribution in [-0.4, -0.2) is 48.6 Å². The molecule has 0 bridgehead atoms. The molecule has 198 valence electrons. The molecule has 1 unspecified atom stereocenters. The molecule has 1 amide bonds. The lowest BCUT2D eigenvalue weighted by Crippen LogP contribution is -2.31. The minimum absolute atomic E-state index is 0.0389. The lowest BCUT2D eigenvalue weighted by molar-refractivity contribution is -0.139. The minimum atomic E-state index is -0.884. The Morgan fingerprint density at radius 1 is 0.974 bits per heavy atom. The average molecular weight is 520 g/mol. The van der Waals surface area contributed by atoms with Crippen molar-refractivity contribution in [3.8, 4) is 17.2 Å². The molecule has 3 aromatic carbocycles. The number of aliphatic hydroxyl groups excluding tert-OH is 1. The van der Waals surface area contributed by atoms with Gasteiger partial charge >= 0.3 is 0 Å². The highest BCUT2D eigenvalue weighted by molar-refractivity contribution is 6.46. The van der Waals surface area contributed by atoms with Gasteiger partial charge < -0.3 is 24.2 Å². The Morgan fingerprint density at radius 2 is 1.68 bits per heavy atom. The van der Waals surface area contributed by atoms with E-state index in [0.717, 1.165) is 5.56 Å². The maximum Gasteiger partial charge on any atom is 0.295 e. The molecule has 0 aliphatic carbocycles. The second kappa shape index (κ2) is 11.4. The lowest BCUT2D eigenvalue weighted by atomic mass is 9.94. The van der Waals surface area contributed by atoms with E-state index in [0.29, 0.717) is 34.8 Å². The standard InChI is InChI=1S/C30H30FNO6/c1-18(2)38-23-7-5-6-21(16-23)28(33)26-27(20-10-13-24(36-3)25(17-20)37-4)32(30(35)29(26)34)15-14-19-8-11-22(31)12-9-19/h5-13,16-18,27,33H,14-15H2,1-4H3/b28-26-. The summed E-state index contributed by atoms with van der Waals surface area (Å²) in [7, 11) is 3.01. The van der Waals surface area contributed by atoms with Gasteiger partial charge in [0.25, 0.3) is 11.7 Å². The zero-order valence-electron chi connectivity index (χ0n) is 21.7. The van der Waals surface area contributed by atoms with Crippen molar-refractivity contribution in [2.45, 2.75) is 32.4 Å². The van der Waals surface area contributed by atoms with Crippen LogP contribution in [0.1, 0.15) is 36.6 Å². The normalized spacial score (nSPS) is 16.7. The van der Waals surface area contributed by atoms with Crippen LogP contribution in [0.5, 0.6) is 17.2 Å². The molecule has 1 aliphatic rings. The number of nitrogens with zero attached hydrogens (tertiary/aromatic N) is 1. The van der Waals surface area contributed by atoms with Crippen molar-refractivity contribution >= 4 is 17.4 Å². The summed E-state index contributed by atoms with van der Waals surface area (Å²) >= 11 is 0. The Kier molecular flexibility index (Phi) is 8.00. The molecule has 1 fully saturated rings. The predicted molar refractivity (Wildman–Crippen MR) is 141 cm³/mol. The number of carbonyl (C=O) groups excluding carboxylic acids is 2. The number of amides is 1. The fourth-order valence-electron chi connectivity index (χ4n) is 4.53. The Bertz CT molecular complexity index is 1370. The van der Waals surface area contributed by atoms with Crippen LogP contribution in [0, 0.1) is 5.82 Å². The van der Waals surface area contributed by atoms with E-state index in [4.69, 9.17) is 14.2 Å². The molecular weight excluding hydrogens is 489 g/mol. The van der Waals surface area contributed by atoms with Gasteiger partial charge in [-0.05, 0) is 67.8 Å². The molecule has 4 rings (SSSR count). The van der Waals surface area contributed by atoms with Crippen molar-refractivity contribution in [2.24, 2.45) is 0 Å². The van der Waals surface area contributed by atoms with Crippen molar-refractivity contribution in [2.75, 3.05) is 20.8 Å². The Labute approximate surface area is 221 Å². The summed E-state index contributed by atoms with van der Waals surface area (Å²) in [4.78, 5) is 28.1. The Morgan fingerprint density at radius 3 is 2.34 bits per heavy atom. The van der Waals surface area contributed by atoms with Gasteiger partial charge in [-0.15, -0.1) is 0 Å². The zero-order valence-corrected chi connectivity index (χ0v) is 21.7. The first-order valence-electron chi connectivity index (χ1n) is 12.2. The van der Waals surface area contributed by atoms with Gasteiger partial charge in [-0.3, -0.25) is 9.59 Å². The summed E-state index contributed by atoms with van der Waals surface area (Å²) in [5.74, 6) is -0.763. The Balaban J connectivity index is 1.81. The fourth-order valence-corrected chi connectivity index (χ4v) is 4.53. The van der Waals surface area contributed by atoms with Crippen molar-refractivity contribution in [3.05, 3.63) is 94.8 Å². The van der Waals surface area contributed by atoms with Gasteiger partial charge in [-0.25, -0.2) is 4.39 Å². The number of ether oxygens (including phenoxy) is 3. The average Bonchev–Trinajstić information content (AvgIpc) is 3.16. The van der Waals surface area contributed by atoms with E-state index in [2.05, 4.69) is 0 Å². The van der Waals surface area contributed by atoms with Gasteiger partial charge in [0.05, 0.1) is 31.9 Å². The van der Waals surface area contributed by atoms with Crippen LogP contribution in [0.2, 0.25) is 0 Å². The fraction of sp³-hybridized carbons (Fsp3) is 0.267. The maximum atomic E-state index is 13.4. The summed E-state index contributed by atoms with van der Waals surface area (Å²) in [6, 6.07) is 16.9. The second-order valence-corrected chi connectivity index (χ2v) is 9.18. The third-order valence-corrected chi connectivity index (χ3v) is 6.30. The second-order valence-electron chi connectivity index (χ2n) is 9.18.